The maximum atomic E-state index is 12.6. The highest BCUT2D eigenvalue weighted by Gasteiger charge is 2.34. The van der Waals surface area contributed by atoms with E-state index in [0.717, 1.165) is 23.4 Å². The molecule has 0 N–H and O–H groups in total. The maximum absolute atomic E-state index is 12.6. The third-order valence-electron chi connectivity index (χ3n) is 3.54. The van der Waals surface area contributed by atoms with Gasteiger partial charge < -0.3 is 0 Å². The highest BCUT2D eigenvalue weighted by Crippen LogP contribution is 2.27. The summed E-state index contributed by atoms with van der Waals surface area (Å²) in [4.78, 5) is 12.6. The van der Waals surface area contributed by atoms with Gasteiger partial charge in [-0.15, -0.1) is 0 Å². The summed E-state index contributed by atoms with van der Waals surface area (Å²) in [5.74, 6) is -0.0654. The van der Waals surface area contributed by atoms with Crippen LogP contribution in [0.2, 0.25) is 0 Å². The molecule has 0 radical (unpaired) electrons. The maximum Gasteiger partial charge on any atom is 0.256 e. The van der Waals surface area contributed by atoms with E-state index in [2.05, 4.69) is 16.5 Å². The lowest BCUT2D eigenvalue weighted by molar-refractivity contribution is -0.119. The van der Waals surface area contributed by atoms with Crippen LogP contribution in [-0.2, 0) is 11.2 Å². The van der Waals surface area contributed by atoms with Gasteiger partial charge >= 0.3 is 0 Å². The molecule has 0 saturated heterocycles. The summed E-state index contributed by atoms with van der Waals surface area (Å²) in [6, 6.07) is 9.95. The van der Waals surface area contributed by atoms with Crippen LogP contribution in [0.4, 0.5) is 5.69 Å². The fourth-order valence-corrected chi connectivity index (χ4v) is 3.11. The summed E-state index contributed by atoms with van der Waals surface area (Å²) in [6.07, 6.45) is 0.736. The number of nitrogens with zero attached hydrogens (tertiary/aromatic N) is 2. The van der Waals surface area contributed by atoms with Crippen LogP contribution in [0, 0.1) is 12.8 Å². The van der Waals surface area contributed by atoms with E-state index < -0.39 is 0 Å². The molecule has 0 bridgehead atoms. The molecule has 1 unspecified atom stereocenters. The van der Waals surface area contributed by atoms with Gasteiger partial charge in [0.15, 0.2) is 0 Å². The largest absolute Gasteiger partial charge is 0.272 e. The molecular weight excluding hydrogens is 268 g/mol. The molecule has 0 fully saturated rings. The predicted molar refractivity (Wildman–Crippen MR) is 83.3 cm³/mol. The summed E-state index contributed by atoms with van der Waals surface area (Å²) in [6.45, 7) is 3.95. The number of rotatable bonds is 3. The number of carbonyl (C=O) groups excluding carboxylic acids is 1. The second-order valence-electron chi connectivity index (χ2n) is 5.12. The number of hydrazone groups is 1. The molecule has 4 heteroatoms. The smallest absolute Gasteiger partial charge is 0.256 e. The molecule has 1 atom stereocenters. The van der Waals surface area contributed by atoms with Gasteiger partial charge in [0.1, 0.15) is 0 Å². The van der Waals surface area contributed by atoms with Crippen molar-refractivity contribution in [1.29, 1.82) is 0 Å². The Morgan fingerprint density at radius 1 is 1.30 bits per heavy atom. The predicted octanol–water partition coefficient (Wildman–Crippen LogP) is 3.64. The van der Waals surface area contributed by atoms with Gasteiger partial charge in [0.05, 0.1) is 11.6 Å². The quantitative estimate of drug-likeness (QED) is 0.847. The zero-order valence-electron chi connectivity index (χ0n) is 11.5. The summed E-state index contributed by atoms with van der Waals surface area (Å²) in [5, 5.41) is 10.1. The zero-order chi connectivity index (χ0) is 14.1. The molecule has 102 valence electrons. The second-order valence-corrected chi connectivity index (χ2v) is 5.90. The number of carbonyl (C=O) groups is 1. The Labute approximate surface area is 122 Å². The highest BCUT2D eigenvalue weighted by molar-refractivity contribution is 7.07. The molecule has 20 heavy (non-hydrogen) atoms. The lowest BCUT2D eigenvalue weighted by atomic mass is 9.97. The first kappa shape index (κ1) is 13.1. The molecule has 0 spiro atoms. The Balaban J connectivity index is 1.85. The van der Waals surface area contributed by atoms with Crippen molar-refractivity contribution < 1.29 is 4.79 Å². The van der Waals surface area contributed by atoms with E-state index in [0.29, 0.717) is 0 Å². The van der Waals surface area contributed by atoms with E-state index in [4.69, 9.17) is 0 Å². The molecule has 1 aliphatic rings. The number of anilines is 1. The lowest BCUT2D eigenvalue weighted by Crippen LogP contribution is -2.28. The minimum atomic E-state index is -0.134. The molecule has 2 heterocycles. The Hall–Kier alpha value is -1.94. The number of benzene rings is 1. The number of aryl methyl sites for hydroxylation is 1. The summed E-state index contributed by atoms with van der Waals surface area (Å²) in [5.41, 5.74) is 4.07. The van der Waals surface area contributed by atoms with Crippen molar-refractivity contribution in [3.63, 3.8) is 0 Å². The molecule has 3 nitrogen and oxygen atoms in total. The summed E-state index contributed by atoms with van der Waals surface area (Å²) >= 11 is 1.66. The van der Waals surface area contributed by atoms with Gasteiger partial charge in [0.2, 0.25) is 0 Å². The SMILES string of the molecule is CC1=NN(c2cccc(C)c2)C(=O)C1Cc1ccsc1. The first-order valence-corrected chi connectivity index (χ1v) is 7.56. The van der Waals surface area contributed by atoms with Gasteiger partial charge in [-0.1, -0.05) is 12.1 Å². The summed E-state index contributed by atoms with van der Waals surface area (Å²) < 4.78 is 0. The van der Waals surface area contributed by atoms with Gasteiger partial charge in [-0.2, -0.15) is 16.4 Å². The van der Waals surface area contributed by atoms with E-state index >= 15 is 0 Å². The van der Waals surface area contributed by atoms with Crippen LogP contribution in [0.25, 0.3) is 0 Å². The van der Waals surface area contributed by atoms with Crippen molar-refractivity contribution in [3.05, 3.63) is 52.2 Å². The summed E-state index contributed by atoms with van der Waals surface area (Å²) in [7, 11) is 0. The van der Waals surface area contributed by atoms with Crippen LogP contribution >= 0.6 is 11.3 Å². The molecule has 1 aromatic carbocycles. The molecule has 1 aromatic heterocycles. The van der Waals surface area contributed by atoms with Gasteiger partial charge in [0, 0.05) is 5.71 Å². The normalized spacial score (nSPS) is 18.5. The van der Waals surface area contributed by atoms with Gasteiger partial charge in [-0.3, -0.25) is 4.79 Å². The van der Waals surface area contributed by atoms with Gasteiger partial charge in [-0.05, 0) is 60.4 Å². The fourth-order valence-electron chi connectivity index (χ4n) is 2.43. The van der Waals surface area contributed by atoms with Crippen molar-refractivity contribution >= 4 is 28.6 Å². The molecule has 0 saturated carbocycles. The second kappa shape index (κ2) is 5.21. The number of amides is 1. The Kier molecular flexibility index (Phi) is 3.40. The number of hydrogen-bond donors (Lipinski definition) is 0. The fraction of sp³-hybridized carbons (Fsp3) is 0.250. The van der Waals surface area contributed by atoms with E-state index in [1.54, 1.807) is 16.3 Å². The minimum Gasteiger partial charge on any atom is -0.272 e. The van der Waals surface area contributed by atoms with Crippen LogP contribution in [-0.4, -0.2) is 11.6 Å². The molecule has 0 aliphatic carbocycles. The Morgan fingerprint density at radius 2 is 2.15 bits per heavy atom. The molecule has 3 rings (SSSR count). The molecule has 2 aromatic rings. The Morgan fingerprint density at radius 3 is 2.85 bits per heavy atom. The molecule has 1 amide bonds. The van der Waals surface area contributed by atoms with E-state index in [-0.39, 0.29) is 11.8 Å². The molecular formula is C16H16N2OS. The van der Waals surface area contributed by atoms with Crippen LogP contribution in [0.3, 0.4) is 0 Å². The van der Waals surface area contributed by atoms with E-state index in [1.165, 1.54) is 5.56 Å². The number of thiophene rings is 1. The highest BCUT2D eigenvalue weighted by atomic mass is 32.1. The molecule has 1 aliphatic heterocycles. The van der Waals surface area contributed by atoms with Crippen molar-refractivity contribution in [3.8, 4) is 0 Å². The average Bonchev–Trinajstić information content (AvgIpc) is 3.02. The van der Waals surface area contributed by atoms with Gasteiger partial charge in [0.25, 0.3) is 5.91 Å². The van der Waals surface area contributed by atoms with Crippen LogP contribution in [0.1, 0.15) is 18.1 Å². The van der Waals surface area contributed by atoms with Crippen molar-refractivity contribution in [1.82, 2.24) is 0 Å². The monoisotopic (exact) mass is 284 g/mol. The van der Waals surface area contributed by atoms with Crippen molar-refractivity contribution in [2.45, 2.75) is 20.3 Å². The van der Waals surface area contributed by atoms with Crippen molar-refractivity contribution in [2.75, 3.05) is 5.01 Å². The van der Waals surface area contributed by atoms with Crippen LogP contribution in [0.5, 0.6) is 0 Å². The van der Waals surface area contributed by atoms with Crippen molar-refractivity contribution in [2.24, 2.45) is 11.0 Å². The average molecular weight is 284 g/mol. The van der Waals surface area contributed by atoms with Gasteiger partial charge in [-0.25, -0.2) is 5.01 Å². The minimum absolute atomic E-state index is 0.0688. The van der Waals surface area contributed by atoms with E-state index in [1.807, 2.05) is 43.5 Å². The number of hydrogen-bond acceptors (Lipinski definition) is 3. The third kappa shape index (κ3) is 2.39. The topological polar surface area (TPSA) is 32.7 Å². The lowest BCUT2D eigenvalue weighted by Gasteiger charge is -2.14. The first-order chi connectivity index (χ1) is 9.65. The third-order valence-corrected chi connectivity index (χ3v) is 4.27. The van der Waals surface area contributed by atoms with Crippen LogP contribution < -0.4 is 5.01 Å². The zero-order valence-corrected chi connectivity index (χ0v) is 12.4. The van der Waals surface area contributed by atoms with E-state index in [9.17, 15) is 4.79 Å². The Bertz CT molecular complexity index is 661. The first-order valence-electron chi connectivity index (χ1n) is 6.62. The standard InChI is InChI=1S/C16H16N2OS/c1-11-4-3-5-14(8-11)18-16(19)15(12(2)17-18)9-13-6-7-20-10-13/h3-8,10,15H,9H2,1-2H3. The van der Waals surface area contributed by atoms with Crippen LogP contribution in [0.15, 0.2) is 46.2 Å².